The summed E-state index contributed by atoms with van der Waals surface area (Å²) < 4.78 is 26.1. The van der Waals surface area contributed by atoms with Gasteiger partial charge in [0, 0.05) is 12.1 Å². The van der Waals surface area contributed by atoms with E-state index in [0.29, 0.717) is 12.1 Å². The van der Waals surface area contributed by atoms with Crippen LogP contribution in [0.5, 0.6) is 0 Å². The fourth-order valence-corrected chi connectivity index (χ4v) is 2.08. The summed E-state index contributed by atoms with van der Waals surface area (Å²) in [6, 6.07) is 13.3. The van der Waals surface area contributed by atoms with Crippen molar-refractivity contribution >= 4 is 5.91 Å². The van der Waals surface area contributed by atoms with Gasteiger partial charge in [-0.3, -0.25) is 4.79 Å². The lowest BCUT2D eigenvalue weighted by Gasteiger charge is -2.11. The number of rotatable bonds is 6. The molecule has 0 saturated carbocycles. The standard InChI is InChI=1S/C17H18F2N2O/c1-12(14-7-8-15(18)16(19)9-14)20-11-17(22)21-10-13-5-3-2-4-6-13/h2-9,12,20H,10-11H2,1H3,(H,21,22)/p+1/t12-/m1/s1. The molecular weight excluding hydrogens is 286 g/mol. The maximum Gasteiger partial charge on any atom is 0.275 e. The molecular formula is C17H19F2N2O+. The van der Waals surface area contributed by atoms with E-state index in [1.807, 2.05) is 37.3 Å². The van der Waals surface area contributed by atoms with Gasteiger partial charge in [0.05, 0.1) is 0 Å². The quantitative estimate of drug-likeness (QED) is 0.841. The van der Waals surface area contributed by atoms with E-state index in [-0.39, 0.29) is 18.5 Å². The van der Waals surface area contributed by atoms with E-state index in [4.69, 9.17) is 0 Å². The molecule has 0 aliphatic heterocycles. The molecule has 0 unspecified atom stereocenters. The van der Waals surface area contributed by atoms with Crippen LogP contribution in [0.15, 0.2) is 48.5 Å². The Morgan fingerprint density at radius 2 is 1.86 bits per heavy atom. The van der Waals surface area contributed by atoms with Crippen LogP contribution in [0.3, 0.4) is 0 Å². The Morgan fingerprint density at radius 3 is 2.55 bits per heavy atom. The van der Waals surface area contributed by atoms with Crippen molar-refractivity contribution < 1.29 is 18.9 Å². The van der Waals surface area contributed by atoms with E-state index in [2.05, 4.69) is 5.32 Å². The van der Waals surface area contributed by atoms with Crippen molar-refractivity contribution in [3.63, 3.8) is 0 Å². The summed E-state index contributed by atoms with van der Waals surface area (Å²) in [5.74, 6) is -1.83. The van der Waals surface area contributed by atoms with Gasteiger partial charge in [0.25, 0.3) is 5.91 Å². The summed E-state index contributed by atoms with van der Waals surface area (Å²) in [4.78, 5) is 11.8. The highest BCUT2D eigenvalue weighted by Gasteiger charge is 2.13. The van der Waals surface area contributed by atoms with Crippen LogP contribution in [0.1, 0.15) is 24.1 Å². The van der Waals surface area contributed by atoms with Crippen LogP contribution in [0.2, 0.25) is 0 Å². The molecule has 0 aliphatic rings. The summed E-state index contributed by atoms with van der Waals surface area (Å²) in [5, 5.41) is 4.61. The minimum absolute atomic E-state index is 0.0988. The van der Waals surface area contributed by atoms with Crippen LogP contribution >= 0.6 is 0 Å². The molecule has 22 heavy (non-hydrogen) atoms. The second-order valence-corrected chi connectivity index (χ2v) is 5.16. The number of halogens is 2. The average molecular weight is 305 g/mol. The molecule has 1 amide bonds. The first-order valence-electron chi connectivity index (χ1n) is 7.15. The molecule has 2 rings (SSSR count). The van der Waals surface area contributed by atoms with Crippen LogP contribution in [0, 0.1) is 11.6 Å². The zero-order chi connectivity index (χ0) is 15.9. The normalized spacial score (nSPS) is 12.0. The zero-order valence-electron chi connectivity index (χ0n) is 12.4. The van der Waals surface area contributed by atoms with E-state index in [1.165, 1.54) is 12.1 Å². The zero-order valence-corrected chi connectivity index (χ0v) is 12.4. The topological polar surface area (TPSA) is 45.7 Å². The highest BCUT2D eigenvalue weighted by Crippen LogP contribution is 2.12. The largest absolute Gasteiger partial charge is 0.347 e. The number of carbonyl (C=O) groups is 1. The van der Waals surface area contributed by atoms with Crippen molar-refractivity contribution in [2.75, 3.05) is 6.54 Å². The minimum atomic E-state index is -0.869. The monoisotopic (exact) mass is 305 g/mol. The summed E-state index contributed by atoms with van der Waals surface area (Å²) in [6.45, 7) is 2.55. The maximum atomic E-state index is 13.2. The highest BCUT2D eigenvalue weighted by atomic mass is 19.2. The van der Waals surface area contributed by atoms with Gasteiger partial charge in [0.15, 0.2) is 18.2 Å². The Morgan fingerprint density at radius 1 is 1.14 bits per heavy atom. The van der Waals surface area contributed by atoms with Crippen molar-refractivity contribution in [2.45, 2.75) is 19.5 Å². The third-order valence-corrected chi connectivity index (χ3v) is 3.46. The van der Waals surface area contributed by atoms with Gasteiger partial charge in [-0.2, -0.15) is 0 Å². The molecule has 2 aromatic carbocycles. The van der Waals surface area contributed by atoms with Crippen LogP contribution in [-0.4, -0.2) is 12.5 Å². The molecule has 0 aliphatic carbocycles. The average Bonchev–Trinajstić information content (AvgIpc) is 2.54. The predicted molar refractivity (Wildman–Crippen MR) is 79.9 cm³/mol. The number of nitrogens with one attached hydrogen (secondary N) is 1. The molecule has 3 nitrogen and oxygen atoms in total. The van der Waals surface area contributed by atoms with Gasteiger partial charge in [0.2, 0.25) is 0 Å². The SMILES string of the molecule is C[C@@H]([NH2+]CC(=O)NCc1ccccc1)c1ccc(F)c(F)c1. The minimum Gasteiger partial charge on any atom is -0.347 e. The van der Waals surface area contributed by atoms with Gasteiger partial charge in [-0.25, -0.2) is 8.78 Å². The van der Waals surface area contributed by atoms with Crippen LogP contribution in [0.25, 0.3) is 0 Å². The van der Waals surface area contributed by atoms with Gasteiger partial charge >= 0.3 is 0 Å². The van der Waals surface area contributed by atoms with Gasteiger partial charge in [-0.15, -0.1) is 0 Å². The number of quaternary nitrogens is 1. The van der Waals surface area contributed by atoms with E-state index < -0.39 is 11.6 Å². The lowest BCUT2D eigenvalue weighted by molar-refractivity contribution is -0.682. The van der Waals surface area contributed by atoms with Gasteiger partial charge < -0.3 is 10.6 Å². The highest BCUT2D eigenvalue weighted by molar-refractivity contribution is 5.76. The van der Waals surface area contributed by atoms with E-state index >= 15 is 0 Å². The van der Waals surface area contributed by atoms with Gasteiger partial charge in [-0.05, 0) is 30.7 Å². The second kappa shape index (κ2) is 7.66. The second-order valence-electron chi connectivity index (χ2n) is 5.16. The number of hydrogen-bond donors (Lipinski definition) is 2. The fourth-order valence-electron chi connectivity index (χ4n) is 2.08. The third-order valence-electron chi connectivity index (χ3n) is 3.46. The molecule has 3 N–H and O–H groups in total. The molecule has 2 aromatic rings. The molecule has 0 spiro atoms. The molecule has 0 bridgehead atoms. The van der Waals surface area contributed by atoms with Crippen molar-refractivity contribution in [1.82, 2.24) is 5.32 Å². The lowest BCUT2D eigenvalue weighted by atomic mass is 10.1. The summed E-state index contributed by atoms with van der Waals surface area (Å²) in [7, 11) is 0. The van der Waals surface area contributed by atoms with Crippen molar-refractivity contribution in [1.29, 1.82) is 0 Å². The van der Waals surface area contributed by atoms with Gasteiger partial charge in [0.1, 0.15) is 6.04 Å². The Kier molecular flexibility index (Phi) is 5.61. The molecule has 1 atom stereocenters. The van der Waals surface area contributed by atoms with E-state index in [1.54, 1.807) is 5.32 Å². The number of hydrogen-bond acceptors (Lipinski definition) is 1. The lowest BCUT2D eigenvalue weighted by Crippen LogP contribution is -2.87. The Labute approximate surface area is 128 Å². The van der Waals surface area contributed by atoms with Crippen LogP contribution < -0.4 is 10.6 Å². The first kappa shape index (κ1) is 16.1. The predicted octanol–water partition coefficient (Wildman–Crippen LogP) is 1.91. The summed E-state index contributed by atoms with van der Waals surface area (Å²) in [6.07, 6.45) is 0. The molecule has 0 saturated heterocycles. The Bertz CT molecular complexity index is 632. The molecule has 0 heterocycles. The smallest absolute Gasteiger partial charge is 0.275 e. The summed E-state index contributed by atoms with van der Waals surface area (Å²) in [5.41, 5.74) is 1.68. The third kappa shape index (κ3) is 4.63. The van der Waals surface area contributed by atoms with Gasteiger partial charge in [-0.1, -0.05) is 30.3 Å². The van der Waals surface area contributed by atoms with E-state index in [9.17, 15) is 13.6 Å². The molecule has 116 valence electrons. The maximum absolute atomic E-state index is 13.2. The van der Waals surface area contributed by atoms with Crippen LogP contribution in [-0.2, 0) is 11.3 Å². The first-order valence-corrected chi connectivity index (χ1v) is 7.15. The van der Waals surface area contributed by atoms with Crippen LogP contribution in [0.4, 0.5) is 8.78 Å². The Balaban J connectivity index is 1.79. The van der Waals surface area contributed by atoms with Crippen molar-refractivity contribution in [3.05, 3.63) is 71.3 Å². The molecule has 5 heteroatoms. The number of amides is 1. The first-order chi connectivity index (χ1) is 10.6. The number of benzene rings is 2. The molecule has 0 radical (unpaired) electrons. The molecule has 0 aromatic heterocycles. The number of nitrogens with two attached hydrogens (primary N) is 1. The molecule has 0 fully saturated rings. The summed E-state index contributed by atoms with van der Waals surface area (Å²) >= 11 is 0. The van der Waals surface area contributed by atoms with E-state index in [0.717, 1.165) is 11.6 Å². The van der Waals surface area contributed by atoms with Crippen molar-refractivity contribution in [3.8, 4) is 0 Å². The number of carbonyl (C=O) groups excluding carboxylic acids is 1. The Hall–Kier alpha value is -2.27. The van der Waals surface area contributed by atoms with Crippen molar-refractivity contribution in [2.24, 2.45) is 0 Å². The fraction of sp³-hybridized carbons (Fsp3) is 0.235.